The highest BCUT2D eigenvalue weighted by atomic mass is 16.6. The number of epoxide rings is 1. The Balaban J connectivity index is 2.15. The first kappa shape index (κ1) is 24.9. The first-order valence-electron chi connectivity index (χ1n) is 11.7. The molecule has 0 saturated carbocycles. The Kier molecular flexibility index (Phi) is 15.0. The van der Waals surface area contributed by atoms with Gasteiger partial charge in [0.1, 0.15) is 0 Å². The molecule has 1 aliphatic heterocycles. The summed E-state index contributed by atoms with van der Waals surface area (Å²) in [6.07, 6.45) is 15.6. The summed E-state index contributed by atoms with van der Waals surface area (Å²) in [6.45, 7) is 6.06. The quantitative estimate of drug-likeness (QED) is 0.186. The number of esters is 1. The Morgan fingerprint density at radius 2 is 1.46 bits per heavy atom. The van der Waals surface area contributed by atoms with Crippen molar-refractivity contribution >= 4 is 11.9 Å². The van der Waals surface area contributed by atoms with Crippen LogP contribution in [-0.2, 0) is 19.1 Å². The van der Waals surface area contributed by atoms with Crippen LogP contribution in [0.1, 0.15) is 104 Å². The van der Waals surface area contributed by atoms with E-state index < -0.39 is 0 Å². The van der Waals surface area contributed by atoms with Gasteiger partial charge in [0.2, 0.25) is 0 Å². The maximum absolute atomic E-state index is 12.5. The number of amides is 1. The molecule has 0 aliphatic carbocycles. The molecule has 5 nitrogen and oxygen atoms in total. The van der Waals surface area contributed by atoms with Gasteiger partial charge >= 0.3 is 5.97 Å². The minimum atomic E-state index is -0.228. The molecule has 0 spiro atoms. The lowest BCUT2D eigenvalue weighted by Crippen LogP contribution is -2.29. The summed E-state index contributed by atoms with van der Waals surface area (Å²) in [5, 5.41) is 2.84. The molecule has 1 saturated heterocycles. The van der Waals surface area contributed by atoms with Gasteiger partial charge in [-0.25, -0.2) is 0 Å². The largest absolute Gasteiger partial charge is 0.465 e. The number of ether oxygens (including phenoxy) is 2. The Hall–Kier alpha value is -1.10. The van der Waals surface area contributed by atoms with E-state index in [4.69, 9.17) is 9.47 Å². The monoisotopic (exact) mass is 397 g/mol. The number of carbonyl (C=O) groups is 2. The second kappa shape index (κ2) is 16.8. The van der Waals surface area contributed by atoms with Gasteiger partial charge in [0.25, 0.3) is 5.91 Å². The van der Waals surface area contributed by atoms with Crippen molar-refractivity contribution in [2.75, 3.05) is 19.8 Å². The minimum Gasteiger partial charge on any atom is -0.465 e. The van der Waals surface area contributed by atoms with E-state index in [9.17, 15) is 9.59 Å². The van der Waals surface area contributed by atoms with Crippen LogP contribution in [0.15, 0.2) is 0 Å². The molecule has 0 aromatic heterocycles. The molecule has 1 rings (SSSR count). The van der Waals surface area contributed by atoms with Crippen LogP contribution in [0.4, 0.5) is 0 Å². The highest BCUT2D eigenvalue weighted by molar-refractivity contribution is 5.82. The molecular weight excluding hydrogens is 354 g/mol. The number of hydrogen-bond donors (Lipinski definition) is 1. The summed E-state index contributed by atoms with van der Waals surface area (Å²) < 4.78 is 10.5. The first-order valence-corrected chi connectivity index (χ1v) is 11.7. The van der Waals surface area contributed by atoms with Gasteiger partial charge in [-0.3, -0.25) is 9.59 Å². The first-order chi connectivity index (χ1) is 13.7. The van der Waals surface area contributed by atoms with E-state index in [1.165, 1.54) is 51.4 Å². The molecule has 1 amide bonds. The fourth-order valence-electron chi connectivity index (χ4n) is 3.41. The zero-order valence-corrected chi connectivity index (χ0v) is 18.3. The van der Waals surface area contributed by atoms with Crippen LogP contribution in [0.3, 0.4) is 0 Å². The molecule has 1 aliphatic rings. The third-order valence-corrected chi connectivity index (χ3v) is 5.39. The second-order valence-electron chi connectivity index (χ2n) is 8.09. The van der Waals surface area contributed by atoms with Crippen LogP contribution in [0.5, 0.6) is 0 Å². The topological polar surface area (TPSA) is 67.9 Å². The predicted molar refractivity (Wildman–Crippen MR) is 113 cm³/mol. The standard InChI is InChI=1S/C23H43NO4/c1-3-5-7-9-10-12-16-20(15-11-8-6-4-2)23(26)27-18-14-13-17-24-22(25)21-19-28-21/h20-21H,3-19H2,1-2H3,(H,24,25). The second-order valence-corrected chi connectivity index (χ2v) is 8.09. The van der Waals surface area contributed by atoms with Crippen molar-refractivity contribution < 1.29 is 19.1 Å². The van der Waals surface area contributed by atoms with Gasteiger partial charge in [0, 0.05) is 6.54 Å². The normalized spacial score (nSPS) is 16.6. The zero-order chi connectivity index (χ0) is 20.5. The van der Waals surface area contributed by atoms with Crippen molar-refractivity contribution in [3.05, 3.63) is 0 Å². The summed E-state index contributed by atoms with van der Waals surface area (Å²) in [6, 6.07) is 0. The Bertz CT molecular complexity index is 409. The van der Waals surface area contributed by atoms with Gasteiger partial charge in [0.05, 0.1) is 19.1 Å². The van der Waals surface area contributed by atoms with Gasteiger partial charge in [-0.2, -0.15) is 0 Å². The molecule has 2 atom stereocenters. The lowest BCUT2D eigenvalue weighted by Gasteiger charge is -2.16. The molecule has 0 aromatic carbocycles. The fourth-order valence-corrected chi connectivity index (χ4v) is 3.41. The Labute approximate surface area is 172 Å². The smallest absolute Gasteiger partial charge is 0.308 e. The molecule has 0 bridgehead atoms. The van der Waals surface area contributed by atoms with Crippen LogP contribution in [0.2, 0.25) is 0 Å². The maximum Gasteiger partial charge on any atom is 0.308 e. The predicted octanol–water partition coefficient (Wildman–Crippen LogP) is 5.16. The highest BCUT2D eigenvalue weighted by Gasteiger charge is 2.30. The Morgan fingerprint density at radius 3 is 2.07 bits per heavy atom. The number of rotatable bonds is 19. The summed E-state index contributed by atoms with van der Waals surface area (Å²) in [4.78, 5) is 23.9. The van der Waals surface area contributed by atoms with Gasteiger partial charge in [-0.15, -0.1) is 0 Å². The number of carbonyl (C=O) groups excluding carboxylic acids is 2. The third kappa shape index (κ3) is 13.1. The zero-order valence-electron chi connectivity index (χ0n) is 18.3. The lowest BCUT2D eigenvalue weighted by atomic mass is 9.94. The maximum atomic E-state index is 12.5. The van der Waals surface area contributed by atoms with E-state index in [-0.39, 0.29) is 23.9 Å². The minimum absolute atomic E-state index is 0.0135. The lowest BCUT2D eigenvalue weighted by molar-refractivity contribution is -0.149. The van der Waals surface area contributed by atoms with Crippen LogP contribution in [-0.4, -0.2) is 37.7 Å². The van der Waals surface area contributed by atoms with E-state index in [1.807, 2.05) is 0 Å². The van der Waals surface area contributed by atoms with Gasteiger partial charge in [0.15, 0.2) is 6.10 Å². The van der Waals surface area contributed by atoms with Crippen LogP contribution in [0, 0.1) is 5.92 Å². The van der Waals surface area contributed by atoms with Crippen molar-refractivity contribution in [1.82, 2.24) is 5.32 Å². The average molecular weight is 398 g/mol. The summed E-state index contributed by atoms with van der Waals surface area (Å²) >= 11 is 0. The molecule has 1 fully saturated rings. The summed E-state index contributed by atoms with van der Waals surface area (Å²) in [5.41, 5.74) is 0. The molecule has 2 unspecified atom stereocenters. The van der Waals surface area contributed by atoms with Crippen LogP contribution < -0.4 is 5.32 Å². The summed E-state index contributed by atoms with van der Waals surface area (Å²) in [7, 11) is 0. The number of hydrogen-bond acceptors (Lipinski definition) is 4. The molecule has 1 N–H and O–H groups in total. The van der Waals surface area contributed by atoms with Crippen molar-refractivity contribution in [3.8, 4) is 0 Å². The van der Waals surface area contributed by atoms with E-state index in [0.717, 1.165) is 38.5 Å². The molecule has 28 heavy (non-hydrogen) atoms. The SMILES string of the molecule is CCCCCCCCC(CCCCCC)C(=O)OCCCCNC(=O)C1CO1. The van der Waals surface area contributed by atoms with Gasteiger partial charge in [-0.1, -0.05) is 78.1 Å². The molecule has 164 valence electrons. The van der Waals surface area contributed by atoms with Crippen molar-refractivity contribution in [3.63, 3.8) is 0 Å². The van der Waals surface area contributed by atoms with E-state index >= 15 is 0 Å². The third-order valence-electron chi connectivity index (χ3n) is 5.39. The van der Waals surface area contributed by atoms with Gasteiger partial charge in [-0.05, 0) is 25.7 Å². The molecule has 1 heterocycles. The van der Waals surface area contributed by atoms with Crippen molar-refractivity contribution in [2.24, 2.45) is 5.92 Å². The molecule has 5 heteroatoms. The number of nitrogens with one attached hydrogen (secondary N) is 1. The van der Waals surface area contributed by atoms with Crippen LogP contribution in [0.25, 0.3) is 0 Å². The fraction of sp³-hybridized carbons (Fsp3) is 0.913. The van der Waals surface area contributed by atoms with E-state index in [0.29, 0.717) is 19.8 Å². The van der Waals surface area contributed by atoms with E-state index in [2.05, 4.69) is 19.2 Å². The van der Waals surface area contributed by atoms with Gasteiger partial charge < -0.3 is 14.8 Å². The molecular formula is C23H43NO4. The van der Waals surface area contributed by atoms with Crippen molar-refractivity contribution in [1.29, 1.82) is 0 Å². The van der Waals surface area contributed by atoms with Crippen LogP contribution >= 0.6 is 0 Å². The van der Waals surface area contributed by atoms with E-state index in [1.54, 1.807) is 0 Å². The summed E-state index contributed by atoms with van der Waals surface area (Å²) in [5.74, 6) is 0.0262. The Morgan fingerprint density at radius 1 is 0.893 bits per heavy atom. The molecule has 0 radical (unpaired) electrons. The number of unbranched alkanes of at least 4 members (excludes halogenated alkanes) is 9. The molecule has 0 aromatic rings. The van der Waals surface area contributed by atoms with Crippen molar-refractivity contribution in [2.45, 2.75) is 110 Å². The highest BCUT2D eigenvalue weighted by Crippen LogP contribution is 2.20. The average Bonchev–Trinajstić information content (AvgIpc) is 3.53.